The number of imidazole rings is 1. The number of para-hydroxylation sites is 1. The van der Waals surface area contributed by atoms with E-state index in [9.17, 15) is 4.79 Å². The number of nitrogens with two attached hydrogens (primary N) is 1. The minimum Gasteiger partial charge on any atom is -0.493 e. The molecule has 7 nitrogen and oxygen atoms in total. The molecule has 3 heterocycles. The van der Waals surface area contributed by atoms with Crippen molar-refractivity contribution in [1.29, 1.82) is 0 Å². The topological polar surface area (TPSA) is 91.4 Å². The molecule has 5 rings (SSSR count). The highest BCUT2D eigenvalue weighted by Crippen LogP contribution is 2.42. The van der Waals surface area contributed by atoms with E-state index in [1.807, 2.05) is 53.1 Å². The summed E-state index contributed by atoms with van der Waals surface area (Å²) in [5, 5.41) is 3.43. The molecular formula is C25H28N4O3. The van der Waals surface area contributed by atoms with Crippen molar-refractivity contribution in [3.63, 3.8) is 0 Å². The van der Waals surface area contributed by atoms with Crippen molar-refractivity contribution < 1.29 is 14.3 Å². The molecule has 1 amide bonds. The van der Waals surface area contributed by atoms with Crippen molar-refractivity contribution in [2.45, 2.75) is 31.7 Å². The third kappa shape index (κ3) is 3.73. The molecule has 3 N–H and O–H groups in total. The van der Waals surface area contributed by atoms with Gasteiger partial charge in [0.05, 0.1) is 7.11 Å². The van der Waals surface area contributed by atoms with Crippen LogP contribution in [0.5, 0.6) is 17.2 Å². The molecule has 0 aliphatic carbocycles. The number of amides is 1. The smallest absolute Gasteiger partial charge is 0.267 e. The van der Waals surface area contributed by atoms with Crippen LogP contribution in [0.25, 0.3) is 11.3 Å². The van der Waals surface area contributed by atoms with Crippen LogP contribution in [0.15, 0.2) is 48.5 Å². The number of ether oxygens (including phenoxy) is 2. The fourth-order valence-corrected chi connectivity index (χ4v) is 5.04. The van der Waals surface area contributed by atoms with Crippen LogP contribution in [-0.2, 0) is 6.54 Å². The second-order valence-electron chi connectivity index (χ2n) is 8.45. The number of aromatic nitrogens is 2. The Morgan fingerprint density at radius 1 is 1.09 bits per heavy atom. The average Bonchev–Trinajstić information content (AvgIpc) is 3.40. The highest BCUT2D eigenvalue weighted by atomic mass is 16.5. The maximum absolute atomic E-state index is 12.5. The third-order valence-electron chi connectivity index (χ3n) is 6.59. The maximum atomic E-state index is 12.5. The van der Waals surface area contributed by atoms with E-state index in [1.54, 1.807) is 7.11 Å². The fraction of sp³-hybridized carbons (Fsp3) is 0.360. The van der Waals surface area contributed by atoms with E-state index in [1.165, 1.54) is 0 Å². The summed E-state index contributed by atoms with van der Waals surface area (Å²) in [5.41, 5.74) is 7.73. The molecule has 2 aliphatic rings. The molecule has 7 heteroatoms. The number of nitrogens with zero attached hydrogens (tertiary/aromatic N) is 2. The number of carbonyl (C=O) groups is 1. The van der Waals surface area contributed by atoms with Crippen molar-refractivity contribution in [2.75, 3.05) is 20.2 Å². The van der Waals surface area contributed by atoms with Crippen molar-refractivity contribution in [2.24, 2.45) is 11.7 Å². The lowest BCUT2D eigenvalue weighted by Gasteiger charge is -2.27. The first-order valence-electron chi connectivity index (χ1n) is 11.2. The standard InChI is InChI=1S/C25H28N4O3/c1-31-21-15-17(7-8-20(21)32-18-5-3-2-4-6-18)22-23(24(26)30)29-14-11-19(25(29)28-22)16-9-12-27-13-10-16/h2-8,15-16,19,27H,9-14H2,1H3,(H2,26,30). The second-order valence-corrected chi connectivity index (χ2v) is 8.45. The van der Waals surface area contributed by atoms with E-state index < -0.39 is 5.91 Å². The van der Waals surface area contributed by atoms with Gasteiger partial charge in [-0.05, 0) is 68.6 Å². The Morgan fingerprint density at radius 2 is 1.88 bits per heavy atom. The molecule has 166 valence electrons. The van der Waals surface area contributed by atoms with Crippen LogP contribution in [0.3, 0.4) is 0 Å². The van der Waals surface area contributed by atoms with Gasteiger partial charge in [-0.2, -0.15) is 0 Å². The minimum atomic E-state index is -0.451. The van der Waals surface area contributed by atoms with Gasteiger partial charge in [-0.1, -0.05) is 18.2 Å². The molecule has 1 unspecified atom stereocenters. The number of carbonyl (C=O) groups excluding carboxylic acids is 1. The van der Waals surface area contributed by atoms with Gasteiger partial charge in [0, 0.05) is 18.0 Å². The Balaban J connectivity index is 1.51. The van der Waals surface area contributed by atoms with E-state index in [-0.39, 0.29) is 0 Å². The minimum absolute atomic E-state index is 0.367. The van der Waals surface area contributed by atoms with Gasteiger partial charge in [0.15, 0.2) is 11.5 Å². The molecule has 2 aliphatic heterocycles. The zero-order chi connectivity index (χ0) is 22.1. The summed E-state index contributed by atoms with van der Waals surface area (Å²) in [4.78, 5) is 17.4. The summed E-state index contributed by atoms with van der Waals surface area (Å²) in [7, 11) is 1.60. The monoisotopic (exact) mass is 432 g/mol. The van der Waals surface area contributed by atoms with Crippen LogP contribution >= 0.6 is 0 Å². The van der Waals surface area contributed by atoms with Crippen molar-refractivity contribution >= 4 is 5.91 Å². The summed E-state index contributed by atoms with van der Waals surface area (Å²) in [5.74, 6) is 3.39. The summed E-state index contributed by atoms with van der Waals surface area (Å²) < 4.78 is 13.6. The van der Waals surface area contributed by atoms with E-state index in [0.29, 0.717) is 34.7 Å². The van der Waals surface area contributed by atoms with Crippen LogP contribution in [0, 0.1) is 5.92 Å². The Kier molecular flexibility index (Phi) is 5.57. The number of piperidine rings is 1. The van der Waals surface area contributed by atoms with Crippen molar-refractivity contribution in [3.05, 3.63) is 60.0 Å². The first kappa shape index (κ1) is 20.6. The number of hydrogen-bond donors (Lipinski definition) is 2. The third-order valence-corrected chi connectivity index (χ3v) is 6.59. The molecule has 2 aromatic carbocycles. The van der Waals surface area contributed by atoms with Gasteiger partial charge >= 0.3 is 0 Å². The molecular weight excluding hydrogens is 404 g/mol. The summed E-state index contributed by atoms with van der Waals surface area (Å²) in [6.07, 6.45) is 3.29. The molecule has 0 spiro atoms. The zero-order valence-electron chi connectivity index (χ0n) is 18.2. The maximum Gasteiger partial charge on any atom is 0.267 e. The number of benzene rings is 2. The molecule has 3 aromatic rings. The van der Waals surface area contributed by atoms with Gasteiger partial charge in [-0.25, -0.2) is 4.98 Å². The lowest BCUT2D eigenvalue weighted by molar-refractivity contribution is 0.0992. The largest absolute Gasteiger partial charge is 0.493 e. The van der Waals surface area contributed by atoms with E-state index >= 15 is 0 Å². The summed E-state index contributed by atoms with van der Waals surface area (Å²) in [6.45, 7) is 2.86. The number of primary amides is 1. The first-order valence-corrected chi connectivity index (χ1v) is 11.2. The number of hydrogen-bond acceptors (Lipinski definition) is 5. The van der Waals surface area contributed by atoms with Gasteiger partial charge in [0.1, 0.15) is 23.0 Å². The van der Waals surface area contributed by atoms with E-state index in [2.05, 4.69) is 5.32 Å². The van der Waals surface area contributed by atoms with Gasteiger partial charge in [0.25, 0.3) is 5.91 Å². The van der Waals surface area contributed by atoms with Gasteiger partial charge in [0.2, 0.25) is 0 Å². The Bertz CT molecular complexity index is 1120. The molecule has 1 atom stereocenters. The fourth-order valence-electron chi connectivity index (χ4n) is 5.04. The molecule has 1 aromatic heterocycles. The summed E-state index contributed by atoms with van der Waals surface area (Å²) in [6, 6.07) is 15.2. The lowest BCUT2D eigenvalue weighted by Crippen LogP contribution is -2.30. The Labute approximate surface area is 187 Å². The lowest BCUT2D eigenvalue weighted by atomic mass is 9.83. The average molecular weight is 433 g/mol. The van der Waals surface area contributed by atoms with Crippen LogP contribution in [0.4, 0.5) is 0 Å². The van der Waals surface area contributed by atoms with Gasteiger partial charge < -0.3 is 25.1 Å². The van der Waals surface area contributed by atoms with Gasteiger partial charge in [-0.15, -0.1) is 0 Å². The highest BCUT2D eigenvalue weighted by molar-refractivity contribution is 5.97. The van der Waals surface area contributed by atoms with Gasteiger partial charge in [-0.3, -0.25) is 4.79 Å². The molecule has 0 radical (unpaired) electrons. The number of fused-ring (bicyclic) bond motifs is 1. The first-order chi connectivity index (χ1) is 15.7. The molecule has 0 saturated carbocycles. The zero-order valence-corrected chi connectivity index (χ0v) is 18.2. The van der Waals surface area contributed by atoms with Crippen LogP contribution in [0.1, 0.15) is 41.5 Å². The van der Waals surface area contributed by atoms with Crippen molar-refractivity contribution in [3.8, 4) is 28.5 Å². The highest BCUT2D eigenvalue weighted by Gasteiger charge is 2.36. The van der Waals surface area contributed by atoms with Crippen LogP contribution in [0.2, 0.25) is 0 Å². The number of rotatable bonds is 6. The molecule has 1 saturated heterocycles. The van der Waals surface area contributed by atoms with E-state index in [4.69, 9.17) is 20.2 Å². The second kappa shape index (κ2) is 8.67. The normalized spacial score (nSPS) is 18.3. The van der Waals surface area contributed by atoms with Crippen LogP contribution < -0.4 is 20.5 Å². The number of methoxy groups -OCH3 is 1. The Hall–Kier alpha value is -3.32. The molecule has 1 fully saturated rings. The molecule has 0 bridgehead atoms. The number of nitrogens with one attached hydrogen (secondary N) is 1. The SMILES string of the molecule is COc1cc(-c2nc3n(c2C(N)=O)CCC3C2CCNCC2)ccc1Oc1ccccc1. The summed E-state index contributed by atoms with van der Waals surface area (Å²) >= 11 is 0. The molecule has 32 heavy (non-hydrogen) atoms. The van der Waals surface area contributed by atoms with Crippen molar-refractivity contribution in [1.82, 2.24) is 14.9 Å². The Morgan fingerprint density at radius 3 is 2.59 bits per heavy atom. The van der Waals surface area contributed by atoms with E-state index in [0.717, 1.165) is 56.0 Å². The van der Waals surface area contributed by atoms with Crippen LogP contribution in [-0.4, -0.2) is 35.7 Å². The predicted octanol–water partition coefficient (Wildman–Crippen LogP) is 3.94. The quantitative estimate of drug-likeness (QED) is 0.616. The predicted molar refractivity (Wildman–Crippen MR) is 122 cm³/mol.